The SMILES string of the molecule is CN(C)CCCNC(=O)N1CCN(CCc2ccccc2)CC1. The minimum atomic E-state index is 0.0893. The van der Waals surface area contributed by atoms with Gasteiger partial charge in [-0.15, -0.1) is 0 Å². The van der Waals surface area contributed by atoms with E-state index in [1.165, 1.54) is 5.56 Å². The number of nitrogens with one attached hydrogen (secondary N) is 1. The molecular formula is C18H30N4O. The van der Waals surface area contributed by atoms with Gasteiger partial charge in [-0.05, 0) is 39.0 Å². The van der Waals surface area contributed by atoms with Crippen molar-refractivity contribution < 1.29 is 4.79 Å². The first kappa shape index (κ1) is 17.8. The van der Waals surface area contributed by atoms with Crippen LogP contribution in [0.3, 0.4) is 0 Å². The van der Waals surface area contributed by atoms with Crippen LogP contribution in [0.5, 0.6) is 0 Å². The minimum absolute atomic E-state index is 0.0893. The van der Waals surface area contributed by atoms with Crippen LogP contribution < -0.4 is 5.32 Å². The van der Waals surface area contributed by atoms with Crippen molar-refractivity contribution in [1.82, 2.24) is 20.0 Å². The molecule has 0 saturated carbocycles. The summed E-state index contributed by atoms with van der Waals surface area (Å²) < 4.78 is 0. The zero-order valence-corrected chi connectivity index (χ0v) is 14.5. The number of nitrogens with zero attached hydrogens (tertiary/aromatic N) is 3. The Morgan fingerprint density at radius 3 is 2.48 bits per heavy atom. The molecule has 1 aromatic carbocycles. The van der Waals surface area contributed by atoms with Crippen molar-refractivity contribution in [2.45, 2.75) is 12.8 Å². The third kappa shape index (κ3) is 6.59. The van der Waals surface area contributed by atoms with Gasteiger partial charge in [-0.25, -0.2) is 4.79 Å². The van der Waals surface area contributed by atoms with E-state index in [2.05, 4.69) is 59.5 Å². The number of carbonyl (C=O) groups excluding carboxylic acids is 1. The lowest BCUT2D eigenvalue weighted by atomic mass is 10.1. The maximum atomic E-state index is 12.1. The molecule has 1 aliphatic heterocycles. The number of rotatable bonds is 7. The fraction of sp³-hybridized carbons (Fsp3) is 0.611. The van der Waals surface area contributed by atoms with Gasteiger partial charge in [-0.3, -0.25) is 4.90 Å². The van der Waals surface area contributed by atoms with E-state index in [4.69, 9.17) is 0 Å². The molecule has 1 saturated heterocycles. The first-order valence-electron chi connectivity index (χ1n) is 8.59. The fourth-order valence-corrected chi connectivity index (χ4v) is 2.81. The molecule has 0 bridgehead atoms. The summed E-state index contributed by atoms with van der Waals surface area (Å²) in [5.41, 5.74) is 1.38. The topological polar surface area (TPSA) is 38.8 Å². The Morgan fingerprint density at radius 1 is 1.13 bits per heavy atom. The number of piperazine rings is 1. The molecule has 0 radical (unpaired) electrons. The van der Waals surface area contributed by atoms with E-state index in [0.29, 0.717) is 0 Å². The van der Waals surface area contributed by atoms with Crippen LogP contribution in [-0.2, 0) is 6.42 Å². The van der Waals surface area contributed by atoms with Crippen LogP contribution in [0, 0.1) is 0 Å². The number of urea groups is 1. The number of benzene rings is 1. The van der Waals surface area contributed by atoms with Gasteiger partial charge >= 0.3 is 6.03 Å². The third-order valence-corrected chi connectivity index (χ3v) is 4.28. The lowest BCUT2D eigenvalue weighted by Crippen LogP contribution is -2.52. The van der Waals surface area contributed by atoms with Crippen molar-refractivity contribution in [3.8, 4) is 0 Å². The monoisotopic (exact) mass is 318 g/mol. The van der Waals surface area contributed by atoms with Crippen LogP contribution in [0.1, 0.15) is 12.0 Å². The minimum Gasteiger partial charge on any atom is -0.338 e. The van der Waals surface area contributed by atoms with Crippen molar-refractivity contribution in [2.75, 3.05) is 59.9 Å². The molecule has 1 heterocycles. The molecule has 0 atom stereocenters. The van der Waals surface area contributed by atoms with Gasteiger partial charge in [0.1, 0.15) is 0 Å². The Hall–Kier alpha value is -1.59. The predicted octanol–water partition coefficient (Wildman–Crippen LogP) is 1.51. The van der Waals surface area contributed by atoms with E-state index >= 15 is 0 Å². The van der Waals surface area contributed by atoms with Crippen molar-refractivity contribution >= 4 is 6.03 Å². The fourth-order valence-electron chi connectivity index (χ4n) is 2.81. The summed E-state index contributed by atoms with van der Waals surface area (Å²) in [7, 11) is 4.10. The average Bonchev–Trinajstić information content (AvgIpc) is 2.58. The van der Waals surface area contributed by atoms with Crippen LogP contribution in [0.4, 0.5) is 4.79 Å². The number of hydrogen-bond donors (Lipinski definition) is 1. The van der Waals surface area contributed by atoms with Crippen LogP contribution in [-0.4, -0.2) is 80.6 Å². The van der Waals surface area contributed by atoms with Crippen LogP contribution in [0.15, 0.2) is 30.3 Å². The maximum Gasteiger partial charge on any atom is 0.317 e. The zero-order chi connectivity index (χ0) is 16.5. The zero-order valence-electron chi connectivity index (χ0n) is 14.5. The highest BCUT2D eigenvalue weighted by molar-refractivity contribution is 5.74. The van der Waals surface area contributed by atoms with E-state index < -0.39 is 0 Å². The summed E-state index contributed by atoms with van der Waals surface area (Å²) in [5, 5.41) is 3.02. The predicted molar refractivity (Wildman–Crippen MR) is 94.7 cm³/mol. The smallest absolute Gasteiger partial charge is 0.317 e. The Balaban J connectivity index is 1.60. The van der Waals surface area contributed by atoms with E-state index in [1.807, 2.05) is 4.90 Å². The first-order chi connectivity index (χ1) is 11.1. The van der Waals surface area contributed by atoms with Gasteiger partial charge in [0.05, 0.1) is 0 Å². The summed E-state index contributed by atoms with van der Waals surface area (Å²) in [6.45, 7) is 6.43. The summed E-state index contributed by atoms with van der Waals surface area (Å²) in [6.07, 6.45) is 2.08. The van der Waals surface area contributed by atoms with Crippen LogP contribution >= 0.6 is 0 Å². The van der Waals surface area contributed by atoms with Gasteiger partial charge in [0.15, 0.2) is 0 Å². The van der Waals surface area contributed by atoms with Crippen molar-refractivity contribution in [2.24, 2.45) is 0 Å². The van der Waals surface area contributed by atoms with E-state index in [9.17, 15) is 4.79 Å². The van der Waals surface area contributed by atoms with Gasteiger partial charge in [0.2, 0.25) is 0 Å². The average molecular weight is 318 g/mol. The van der Waals surface area contributed by atoms with Gasteiger partial charge in [-0.1, -0.05) is 30.3 Å². The number of amides is 2. The van der Waals surface area contributed by atoms with Crippen LogP contribution in [0.2, 0.25) is 0 Å². The molecule has 0 aliphatic carbocycles. The van der Waals surface area contributed by atoms with Gasteiger partial charge in [0, 0.05) is 39.3 Å². The van der Waals surface area contributed by atoms with E-state index in [0.717, 1.165) is 58.7 Å². The molecule has 5 heteroatoms. The maximum absolute atomic E-state index is 12.1. The highest BCUT2D eigenvalue weighted by atomic mass is 16.2. The third-order valence-electron chi connectivity index (χ3n) is 4.28. The highest BCUT2D eigenvalue weighted by Gasteiger charge is 2.20. The molecule has 1 aromatic rings. The molecule has 1 fully saturated rings. The molecule has 128 valence electrons. The molecule has 1 N–H and O–H groups in total. The summed E-state index contributed by atoms with van der Waals surface area (Å²) in [5.74, 6) is 0. The number of hydrogen-bond acceptors (Lipinski definition) is 3. The van der Waals surface area contributed by atoms with Gasteiger partial charge < -0.3 is 15.1 Å². The molecule has 1 aliphatic rings. The number of carbonyl (C=O) groups is 1. The lowest BCUT2D eigenvalue weighted by Gasteiger charge is -2.34. The molecule has 0 spiro atoms. The largest absolute Gasteiger partial charge is 0.338 e. The van der Waals surface area contributed by atoms with Crippen molar-refractivity contribution in [3.05, 3.63) is 35.9 Å². The molecule has 0 unspecified atom stereocenters. The Bertz CT molecular complexity index is 455. The Kier molecular flexibility index (Phi) is 7.36. The second kappa shape index (κ2) is 9.53. The Labute approximate surface area is 140 Å². The molecule has 0 aromatic heterocycles. The molecule has 2 rings (SSSR count). The second-order valence-electron chi connectivity index (χ2n) is 6.45. The normalized spacial score (nSPS) is 15.9. The summed E-state index contributed by atoms with van der Waals surface area (Å²) >= 11 is 0. The summed E-state index contributed by atoms with van der Waals surface area (Å²) in [6, 6.07) is 10.7. The first-order valence-corrected chi connectivity index (χ1v) is 8.59. The molecule has 2 amide bonds. The highest BCUT2D eigenvalue weighted by Crippen LogP contribution is 2.05. The second-order valence-corrected chi connectivity index (χ2v) is 6.45. The quantitative estimate of drug-likeness (QED) is 0.775. The molecule has 23 heavy (non-hydrogen) atoms. The summed E-state index contributed by atoms with van der Waals surface area (Å²) in [4.78, 5) is 18.6. The Morgan fingerprint density at radius 2 is 1.83 bits per heavy atom. The van der Waals surface area contributed by atoms with E-state index in [1.54, 1.807) is 0 Å². The molecular weight excluding hydrogens is 288 g/mol. The van der Waals surface area contributed by atoms with E-state index in [-0.39, 0.29) is 6.03 Å². The lowest BCUT2D eigenvalue weighted by molar-refractivity contribution is 0.140. The molecule has 5 nitrogen and oxygen atoms in total. The van der Waals surface area contributed by atoms with Gasteiger partial charge in [0.25, 0.3) is 0 Å². The van der Waals surface area contributed by atoms with Crippen molar-refractivity contribution in [3.63, 3.8) is 0 Å². The van der Waals surface area contributed by atoms with Gasteiger partial charge in [-0.2, -0.15) is 0 Å². The van der Waals surface area contributed by atoms with Crippen LogP contribution in [0.25, 0.3) is 0 Å². The van der Waals surface area contributed by atoms with Crippen molar-refractivity contribution in [1.29, 1.82) is 0 Å². The standard InChI is InChI=1S/C18H30N4O/c1-20(2)11-6-10-19-18(23)22-15-13-21(14-16-22)12-9-17-7-4-3-5-8-17/h3-5,7-8H,6,9-16H2,1-2H3,(H,19,23).